The molecule has 7 heteroatoms. The van der Waals surface area contributed by atoms with Crippen LogP contribution in [0.1, 0.15) is 28.6 Å². The Bertz CT molecular complexity index is 1040. The maximum atomic E-state index is 12.4. The van der Waals surface area contributed by atoms with Crippen LogP contribution in [0.15, 0.2) is 46.9 Å². The molecule has 0 fully saturated rings. The molecule has 1 amide bonds. The second-order valence-corrected chi connectivity index (χ2v) is 6.64. The number of carbonyl (C=O) groups is 2. The topological polar surface area (TPSA) is 87.0 Å². The highest BCUT2D eigenvalue weighted by Crippen LogP contribution is 2.29. The number of esters is 1. The number of carbonyl (C=O) groups excluding carboxylic acids is 2. The zero-order valence-corrected chi connectivity index (χ0v) is 17.3. The molecular weight excluding hydrogens is 386 g/mol. The summed E-state index contributed by atoms with van der Waals surface area (Å²) >= 11 is 0. The molecule has 1 N–H and O–H groups in total. The van der Waals surface area contributed by atoms with Crippen molar-refractivity contribution in [2.24, 2.45) is 0 Å². The highest BCUT2D eigenvalue weighted by atomic mass is 16.5. The number of hydrogen-bond donors (Lipinski definition) is 1. The number of nitrogens with one attached hydrogen (secondary N) is 1. The quantitative estimate of drug-likeness (QED) is 0.541. The van der Waals surface area contributed by atoms with Gasteiger partial charge in [-0.1, -0.05) is 18.2 Å². The van der Waals surface area contributed by atoms with Gasteiger partial charge in [0.2, 0.25) is 5.76 Å². The third-order valence-electron chi connectivity index (χ3n) is 4.65. The number of rotatable bonds is 9. The number of hydrogen-bond acceptors (Lipinski definition) is 6. The lowest BCUT2D eigenvalue weighted by molar-refractivity contribution is -0.124. The van der Waals surface area contributed by atoms with Crippen molar-refractivity contribution in [3.8, 4) is 11.5 Å². The monoisotopic (exact) mass is 411 g/mol. The SMILES string of the molecule is CCOc1ccc2oc(C(=O)OCC(=O)NCCc3ccccc3OC)c(C)c2c1. The van der Waals surface area contributed by atoms with Gasteiger partial charge in [0.05, 0.1) is 13.7 Å². The zero-order chi connectivity index (χ0) is 21.5. The largest absolute Gasteiger partial charge is 0.496 e. The predicted octanol–water partition coefficient (Wildman–Crippen LogP) is 3.66. The molecule has 0 aliphatic rings. The van der Waals surface area contributed by atoms with Crippen molar-refractivity contribution in [2.45, 2.75) is 20.3 Å². The lowest BCUT2D eigenvalue weighted by Crippen LogP contribution is -2.30. The molecule has 158 valence electrons. The molecule has 30 heavy (non-hydrogen) atoms. The highest BCUT2D eigenvalue weighted by Gasteiger charge is 2.20. The van der Waals surface area contributed by atoms with Crippen molar-refractivity contribution < 1.29 is 28.2 Å². The lowest BCUT2D eigenvalue weighted by Gasteiger charge is -2.09. The molecule has 0 saturated heterocycles. The number of aryl methyl sites for hydroxylation is 1. The molecule has 0 bridgehead atoms. The number of fused-ring (bicyclic) bond motifs is 1. The molecule has 0 aliphatic heterocycles. The van der Waals surface area contributed by atoms with Crippen LogP contribution in [-0.2, 0) is 16.0 Å². The lowest BCUT2D eigenvalue weighted by atomic mass is 10.1. The van der Waals surface area contributed by atoms with Gasteiger partial charge in [-0.05, 0) is 50.1 Å². The Morgan fingerprint density at radius 2 is 1.93 bits per heavy atom. The standard InChI is InChI=1S/C23H25NO6/c1-4-28-17-9-10-20-18(13-17)15(2)22(30-20)23(26)29-14-21(25)24-12-11-16-7-5-6-8-19(16)27-3/h5-10,13H,4,11-12,14H2,1-3H3,(H,24,25). The molecule has 0 aliphatic carbocycles. The van der Waals surface area contributed by atoms with Crippen LogP contribution in [0.25, 0.3) is 11.0 Å². The number of para-hydroxylation sites is 1. The van der Waals surface area contributed by atoms with Gasteiger partial charge in [-0.2, -0.15) is 0 Å². The first-order chi connectivity index (χ1) is 14.5. The Hall–Kier alpha value is -3.48. The molecule has 0 unspecified atom stereocenters. The van der Waals surface area contributed by atoms with E-state index in [1.54, 1.807) is 26.2 Å². The van der Waals surface area contributed by atoms with Crippen molar-refractivity contribution >= 4 is 22.8 Å². The third kappa shape index (κ3) is 4.92. The number of benzene rings is 2. The van der Waals surface area contributed by atoms with Crippen LogP contribution in [0.5, 0.6) is 11.5 Å². The van der Waals surface area contributed by atoms with Crippen LogP contribution in [0.4, 0.5) is 0 Å². The molecule has 0 radical (unpaired) electrons. The third-order valence-corrected chi connectivity index (χ3v) is 4.65. The highest BCUT2D eigenvalue weighted by molar-refractivity contribution is 5.97. The maximum Gasteiger partial charge on any atom is 0.375 e. The Morgan fingerprint density at radius 3 is 2.70 bits per heavy atom. The van der Waals surface area contributed by atoms with Gasteiger partial charge < -0.3 is 23.9 Å². The van der Waals surface area contributed by atoms with Gasteiger partial charge in [0.15, 0.2) is 6.61 Å². The van der Waals surface area contributed by atoms with Crippen LogP contribution in [0, 0.1) is 6.92 Å². The number of ether oxygens (including phenoxy) is 3. The molecular formula is C23H25NO6. The van der Waals surface area contributed by atoms with E-state index in [0.717, 1.165) is 16.7 Å². The molecule has 3 rings (SSSR count). The van der Waals surface area contributed by atoms with Crippen molar-refractivity contribution in [3.63, 3.8) is 0 Å². The summed E-state index contributed by atoms with van der Waals surface area (Å²) in [6, 6.07) is 12.9. The van der Waals surface area contributed by atoms with Crippen molar-refractivity contribution in [1.29, 1.82) is 0 Å². The second-order valence-electron chi connectivity index (χ2n) is 6.64. The fourth-order valence-electron chi connectivity index (χ4n) is 3.14. The molecule has 3 aromatic rings. The van der Waals surface area contributed by atoms with E-state index in [9.17, 15) is 9.59 Å². The summed E-state index contributed by atoms with van der Waals surface area (Å²) in [5, 5.41) is 3.51. The van der Waals surface area contributed by atoms with Gasteiger partial charge in [-0.15, -0.1) is 0 Å². The Balaban J connectivity index is 1.53. The van der Waals surface area contributed by atoms with Crippen molar-refractivity contribution in [1.82, 2.24) is 5.32 Å². The van der Waals surface area contributed by atoms with Gasteiger partial charge in [0.1, 0.15) is 17.1 Å². The summed E-state index contributed by atoms with van der Waals surface area (Å²) in [5.74, 6) is 0.488. The van der Waals surface area contributed by atoms with E-state index in [2.05, 4.69) is 5.32 Å². The van der Waals surface area contributed by atoms with E-state index < -0.39 is 5.97 Å². The Kier molecular flexibility index (Phi) is 6.95. The van der Waals surface area contributed by atoms with Crippen LogP contribution >= 0.6 is 0 Å². The van der Waals surface area contributed by atoms with Gasteiger partial charge >= 0.3 is 5.97 Å². The number of furan rings is 1. The summed E-state index contributed by atoms with van der Waals surface area (Å²) in [4.78, 5) is 24.4. The molecule has 0 saturated carbocycles. The first kappa shape index (κ1) is 21.2. The second kappa shape index (κ2) is 9.82. The normalized spacial score (nSPS) is 10.6. The van der Waals surface area contributed by atoms with E-state index in [1.165, 1.54) is 0 Å². The number of amides is 1. The number of methoxy groups -OCH3 is 1. The van der Waals surface area contributed by atoms with Crippen LogP contribution in [-0.4, -0.2) is 38.7 Å². The van der Waals surface area contributed by atoms with Gasteiger partial charge in [-0.3, -0.25) is 4.79 Å². The van der Waals surface area contributed by atoms with E-state index in [1.807, 2.05) is 37.3 Å². The van der Waals surface area contributed by atoms with Gasteiger partial charge in [0.25, 0.3) is 5.91 Å². The molecule has 0 spiro atoms. The maximum absolute atomic E-state index is 12.4. The first-order valence-electron chi connectivity index (χ1n) is 9.75. The summed E-state index contributed by atoms with van der Waals surface area (Å²) in [7, 11) is 1.61. The smallest absolute Gasteiger partial charge is 0.375 e. The van der Waals surface area contributed by atoms with Gasteiger partial charge in [0, 0.05) is 17.5 Å². The molecule has 0 atom stereocenters. The Labute approximate surface area is 174 Å². The molecule has 1 aromatic heterocycles. The van der Waals surface area contributed by atoms with Crippen molar-refractivity contribution in [3.05, 3.63) is 59.4 Å². The minimum Gasteiger partial charge on any atom is -0.496 e. The van der Waals surface area contributed by atoms with Crippen LogP contribution in [0.3, 0.4) is 0 Å². The summed E-state index contributed by atoms with van der Waals surface area (Å²) in [6.07, 6.45) is 0.606. The first-order valence-corrected chi connectivity index (χ1v) is 9.75. The summed E-state index contributed by atoms with van der Waals surface area (Å²) < 4.78 is 21.5. The van der Waals surface area contributed by atoms with E-state index in [0.29, 0.717) is 36.5 Å². The minimum absolute atomic E-state index is 0.0838. The minimum atomic E-state index is -0.679. The molecule has 2 aromatic carbocycles. The van der Waals surface area contributed by atoms with E-state index in [-0.39, 0.29) is 18.3 Å². The van der Waals surface area contributed by atoms with Crippen molar-refractivity contribution in [2.75, 3.05) is 26.9 Å². The average molecular weight is 411 g/mol. The fraction of sp³-hybridized carbons (Fsp3) is 0.304. The molecule has 7 nitrogen and oxygen atoms in total. The zero-order valence-electron chi connectivity index (χ0n) is 17.3. The van der Waals surface area contributed by atoms with E-state index >= 15 is 0 Å². The predicted molar refractivity (Wildman–Crippen MR) is 112 cm³/mol. The van der Waals surface area contributed by atoms with Crippen LogP contribution in [0.2, 0.25) is 0 Å². The average Bonchev–Trinajstić information content (AvgIpc) is 3.09. The summed E-state index contributed by atoms with van der Waals surface area (Å²) in [6.45, 7) is 4.23. The van der Waals surface area contributed by atoms with Crippen LogP contribution < -0.4 is 14.8 Å². The molecule has 1 heterocycles. The Morgan fingerprint density at radius 1 is 1.13 bits per heavy atom. The van der Waals surface area contributed by atoms with Gasteiger partial charge in [-0.25, -0.2) is 4.79 Å². The fourth-order valence-corrected chi connectivity index (χ4v) is 3.14. The van der Waals surface area contributed by atoms with E-state index in [4.69, 9.17) is 18.6 Å². The summed E-state index contributed by atoms with van der Waals surface area (Å²) in [5.41, 5.74) is 2.19.